The Labute approximate surface area is 116 Å². The number of aryl methyl sites for hydroxylation is 2. The zero-order valence-electron chi connectivity index (χ0n) is 12.0. The second-order valence-electron chi connectivity index (χ2n) is 4.83. The molecule has 1 unspecified atom stereocenters. The Kier molecular flexibility index (Phi) is 6.72. The van der Waals surface area contributed by atoms with Crippen molar-refractivity contribution in [1.29, 1.82) is 0 Å². The molecule has 0 aromatic carbocycles. The first-order chi connectivity index (χ1) is 8.62. The zero-order valence-corrected chi connectivity index (χ0v) is 12.8. The molecule has 3 nitrogen and oxygen atoms in total. The van der Waals surface area contributed by atoms with Crippen LogP contribution in [0.25, 0.3) is 0 Å². The molecule has 0 radical (unpaired) electrons. The molecular weight excluding hydrogens is 246 g/mol. The van der Waals surface area contributed by atoms with Crippen LogP contribution < -0.4 is 5.32 Å². The fourth-order valence-electron chi connectivity index (χ4n) is 2.21. The first-order valence-corrected chi connectivity index (χ1v) is 7.42. The van der Waals surface area contributed by atoms with Crippen LogP contribution in [-0.2, 0) is 20.0 Å². The lowest BCUT2D eigenvalue weighted by Crippen LogP contribution is -2.28. The molecule has 0 bridgehead atoms. The van der Waals surface area contributed by atoms with E-state index in [0.29, 0.717) is 5.92 Å². The minimum atomic E-state index is 0.221. The molecule has 0 aliphatic heterocycles. The maximum absolute atomic E-state index is 6.40. The monoisotopic (exact) mass is 271 g/mol. The third-order valence-electron chi connectivity index (χ3n) is 3.60. The van der Waals surface area contributed by atoms with Crippen LogP contribution in [0.15, 0.2) is 6.07 Å². The summed E-state index contributed by atoms with van der Waals surface area (Å²) >= 11 is 6.40. The normalized spacial score (nSPS) is 13.2. The van der Waals surface area contributed by atoms with Crippen LogP contribution in [0.2, 0.25) is 0 Å². The molecule has 0 saturated heterocycles. The van der Waals surface area contributed by atoms with Crippen LogP contribution in [0.5, 0.6) is 0 Å². The number of nitrogens with one attached hydrogen (secondary N) is 1. The molecule has 104 valence electrons. The highest BCUT2D eigenvalue weighted by Gasteiger charge is 2.15. The number of hydrogen-bond acceptors (Lipinski definition) is 2. The van der Waals surface area contributed by atoms with Crippen LogP contribution >= 0.6 is 11.6 Å². The highest BCUT2D eigenvalue weighted by molar-refractivity contribution is 6.21. The van der Waals surface area contributed by atoms with Gasteiger partial charge in [-0.1, -0.05) is 33.6 Å². The molecule has 0 saturated carbocycles. The zero-order chi connectivity index (χ0) is 13.5. The van der Waals surface area contributed by atoms with Crippen molar-refractivity contribution in [3.63, 3.8) is 0 Å². The summed E-state index contributed by atoms with van der Waals surface area (Å²) < 4.78 is 1.95. The van der Waals surface area contributed by atoms with E-state index < -0.39 is 0 Å². The second kappa shape index (κ2) is 7.80. The number of aromatic nitrogens is 2. The SMILES string of the molecule is CCc1cc(CNCC(Cl)C(CC)CC)n(C)n1. The molecule has 4 heteroatoms. The lowest BCUT2D eigenvalue weighted by atomic mass is 9.99. The van der Waals surface area contributed by atoms with Crippen molar-refractivity contribution in [3.8, 4) is 0 Å². The van der Waals surface area contributed by atoms with Gasteiger partial charge in [0.1, 0.15) is 0 Å². The third kappa shape index (κ3) is 4.29. The Morgan fingerprint density at radius 1 is 1.33 bits per heavy atom. The lowest BCUT2D eigenvalue weighted by Gasteiger charge is -2.19. The van der Waals surface area contributed by atoms with E-state index in [1.165, 1.54) is 5.69 Å². The molecule has 1 aromatic rings. The van der Waals surface area contributed by atoms with E-state index in [1.807, 2.05) is 11.7 Å². The van der Waals surface area contributed by atoms with Crippen molar-refractivity contribution in [2.24, 2.45) is 13.0 Å². The van der Waals surface area contributed by atoms with Gasteiger partial charge in [0, 0.05) is 25.5 Å². The fourth-order valence-corrected chi connectivity index (χ4v) is 2.68. The van der Waals surface area contributed by atoms with Crippen molar-refractivity contribution < 1.29 is 0 Å². The predicted molar refractivity (Wildman–Crippen MR) is 78.0 cm³/mol. The van der Waals surface area contributed by atoms with Gasteiger partial charge in [0.15, 0.2) is 0 Å². The van der Waals surface area contributed by atoms with E-state index in [0.717, 1.165) is 38.0 Å². The largest absolute Gasteiger partial charge is 0.310 e. The highest BCUT2D eigenvalue weighted by atomic mass is 35.5. The van der Waals surface area contributed by atoms with Crippen molar-refractivity contribution >= 4 is 11.6 Å². The molecule has 1 rings (SSSR count). The van der Waals surface area contributed by atoms with Gasteiger partial charge in [0.05, 0.1) is 11.4 Å². The molecule has 1 heterocycles. The van der Waals surface area contributed by atoms with Crippen molar-refractivity contribution in [2.75, 3.05) is 6.54 Å². The summed E-state index contributed by atoms with van der Waals surface area (Å²) in [5.41, 5.74) is 2.37. The topological polar surface area (TPSA) is 29.9 Å². The molecular formula is C14H26ClN3. The Morgan fingerprint density at radius 2 is 2.00 bits per heavy atom. The first kappa shape index (κ1) is 15.5. The van der Waals surface area contributed by atoms with Crippen molar-refractivity contribution in [2.45, 2.75) is 52.0 Å². The summed E-state index contributed by atoms with van der Waals surface area (Å²) in [5.74, 6) is 0.608. The number of rotatable bonds is 8. The van der Waals surface area contributed by atoms with Gasteiger partial charge in [0.2, 0.25) is 0 Å². The van der Waals surface area contributed by atoms with Gasteiger partial charge >= 0.3 is 0 Å². The number of halogens is 1. The van der Waals surface area contributed by atoms with Gasteiger partial charge in [-0.25, -0.2) is 0 Å². The average molecular weight is 272 g/mol. The lowest BCUT2D eigenvalue weighted by molar-refractivity contribution is 0.443. The molecule has 18 heavy (non-hydrogen) atoms. The second-order valence-corrected chi connectivity index (χ2v) is 5.39. The van der Waals surface area contributed by atoms with Gasteiger partial charge in [-0.2, -0.15) is 5.10 Å². The molecule has 1 aromatic heterocycles. The minimum absolute atomic E-state index is 0.221. The van der Waals surface area contributed by atoms with Gasteiger partial charge < -0.3 is 5.32 Å². The van der Waals surface area contributed by atoms with Crippen LogP contribution in [0.1, 0.15) is 45.0 Å². The summed E-state index contributed by atoms with van der Waals surface area (Å²) in [6, 6.07) is 2.16. The van der Waals surface area contributed by atoms with E-state index in [4.69, 9.17) is 11.6 Å². The molecule has 0 amide bonds. The van der Waals surface area contributed by atoms with Gasteiger partial charge in [-0.15, -0.1) is 11.6 Å². The van der Waals surface area contributed by atoms with Crippen LogP contribution in [0.4, 0.5) is 0 Å². The standard InChI is InChI=1S/C14H26ClN3/c1-5-11(6-2)14(15)10-16-9-13-8-12(7-3)17-18(13)4/h8,11,14,16H,5-7,9-10H2,1-4H3. The van der Waals surface area contributed by atoms with Gasteiger partial charge in [-0.3, -0.25) is 4.68 Å². The Balaban J connectivity index is 2.38. The quantitative estimate of drug-likeness (QED) is 0.737. The molecule has 0 fully saturated rings. The minimum Gasteiger partial charge on any atom is -0.310 e. The first-order valence-electron chi connectivity index (χ1n) is 6.98. The summed E-state index contributed by atoms with van der Waals surface area (Å²) in [7, 11) is 2.00. The van der Waals surface area contributed by atoms with E-state index in [2.05, 4.69) is 37.3 Å². The van der Waals surface area contributed by atoms with Crippen LogP contribution in [-0.4, -0.2) is 21.7 Å². The molecule has 0 aliphatic rings. The maximum atomic E-state index is 6.40. The molecule has 1 N–H and O–H groups in total. The van der Waals surface area contributed by atoms with Crippen LogP contribution in [0.3, 0.4) is 0 Å². The van der Waals surface area contributed by atoms with Gasteiger partial charge in [-0.05, 0) is 18.4 Å². The third-order valence-corrected chi connectivity index (χ3v) is 4.11. The van der Waals surface area contributed by atoms with E-state index in [-0.39, 0.29) is 5.38 Å². The van der Waals surface area contributed by atoms with Gasteiger partial charge in [0.25, 0.3) is 0 Å². The molecule has 0 spiro atoms. The number of nitrogens with zero attached hydrogens (tertiary/aromatic N) is 2. The van der Waals surface area contributed by atoms with E-state index in [1.54, 1.807) is 0 Å². The smallest absolute Gasteiger partial charge is 0.0625 e. The Hall–Kier alpha value is -0.540. The van der Waals surface area contributed by atoms with Crippen molar-refractivity contribution in [3.05, 3.63) is 17.5 Å². The average Bonchev–Trinajstić information content (AvgIpc) is 2.72. The highest BCUT2D eigenvalue weighted by Crippen LogP contribution is 2.17. The molecule has 0 aliphatic carbocycles. The maximum Gasteiger partial charge on any atom is 0.0625 e. The number of hydrogen-bond donors (Lipinski definition) is 1. The van der Waals surface area contributed by atoms with Crippen LogP contribution in [0, 0.1) is 5.92 Å². The summed E-state index contributed by atoms with van der Waals surface area (Å²) in [6.07, 6.45) is 3.29. The predicted octanol–water partition coefficient (Wildman–Crippen LogP) is 3.12. The van der Waals surface area contributed by atoms with E-state index in [9.17, 15) is 0 Å². The number of alkyl halides is 1. The fraction of sp³-hybridized carbons (Fsp3) is 0.786. The summed E-state index contributed by atoms with van der Waals surface area (Å²) in [5, 5.41) is 8.10. The van der Waals surface area contributed by atoms with Crippen molar-refractivity contribution in [1.82, 2.24) is 15.1 Å². The summed E-state index contributed by atoms with van der Waals surface area (Å²) in [4.78, 5) is 0. The van der Waals surface area contributed by atoms with E-state index >= 15 is 0 Å². The Bertz CT molecular complexity index is 345. The molecule has 1 atom stereocenters. The summed E-state index contributed by atoms with van der Waals surface area (Å²) in [6.45, 7) is 8.24. The Morgan fingerprint density at radius 3 is 2.50 bits per heavy atom.